The lowest BCUT2D eigenvalue weighted by Crippen LogP contribution is -2.19. The fourth-order valence-corrected chi connectivity index (χ4v) is 2.81. The number of aromatic nitrogens is 2. The van der Waals surface area contributed by atoms with Crippen LogP contribution >= 0.6 is 27.3 Å². The number of halogens is 1. The second-order valence-corrected chi connectivity index (χ2v) is 6.07. The molecule has 0 amide bonds. The van der Waals surface area contributed by atoms with E-state index in [2.05, 4.69) is 21.1 Å². The van der Waals surface area contributed by atoms with Crippen LogP contribution in [-0.4, -0.2) is 16.3 Å². The van der Waals surface area contributed by atoms with Crippen molar-refractivity contribution in [1.29, 1.82) is 0 Å². The van der Waals surface area contributed by atoms with Crippen LogP contribution in [0.25, 0.3) is 10.7 Å². The zero-order valence-electron chi connectivity index (χ0n) is 10.9. The molecule has 1 aromatic carbocycles. The Kier molecular flexibility index (Phi) is 4.21. The van der Waals surface area contributed by atoms with Crippen molar-refractivity contribution >= 4 is 27.3 Å². The first-order valence-electron chi connectivity index (χ1n) is 6.23. The summed E-state index contributed by atoms with van der Waals surface area (Å²) in [6.45, 7) is 0.743. The van der Waals surface area contributed by atoms with Gasteiger partial charge < -0.3 is 4.74 Å². The van der Waals surface area contributed by atoms with E-state index < -0.39 is 5.76 Å². The SMILES string of the molecule is O=c1onc(-c2cccs2)n1CCOc1ccc(Br)cc1. The smallest absolute Gasteiger partial charge is 0.442 e. The van der Waals surface area contributed by atoms with Gasteiger partial charge in [0.05, 0.1) is 11.4 Å². The highest BCUT2D eigenvalue weighted by Crippen LogP contribution is 2.21. The molecule has 0 unspecified atom stereocenters. The van der Waals surface area contributed by atoms with Crippen LogP contribution in [0, 0.1) is 0 Å². The highest BCUT2D eigenvalue weighted by atomic mass is 79.9. The van der Waals surface area contributed by atoms with E-state index in [0.717, 1.165) is 15.1 Å². The second kappa shape index (κ2) is 6.28. The molecule has 2 heterocycles. The lowest BCUT2D eigenvalue weighted by atomic mass is 10.3. The van der Waals surface area contributed by atoms with Gasteiger partial charge in [0, 0.05) is 4.47 Å². The third kappa shape index (κ3) is 3.25. The molecule has 0 aliphatic rings. The maximum Gasteiger partial charge on any atom is 0.442 e. The van der Waals surface area contributed by atoms with E-state index in [1.165, 1.54) is 15.9 Å². The summed E-state index contributed by atoms with van der Waals surface area (Å²) in [5.41, 5.74) is 0. The molecule has 0 saturated carbocycles. The zero-order chi connectivity index (χ0) is 14.7. The number of thiophene rings is 1. The van der Waals surface area contributed by atoms with Crippen LogP contribution in [0.4, 0.5) is 0 Å². The number of ether oxygens (including phenoxy) is 1. The largest absolute Gasteiger partial charge is 0.492 e. The van der Waals surface area contributed by atoms with Gasteiger partial charge in [0.1, 0.15) is 12.4 Å². The van der Waals surface area contributed by atoms with E-state index in [0.29, 0.717) is 19.0 Å². The third-order valence-corrected chi connectivity index (χ3v) is 4.22. The summed E-state index contributed by atoms with van der Waals surface area (Å²) >= 11 is 4.87. The Bertz CT molecular complexity index is 762. The molecule has 0 bridgehead atoms. The molecule has 108 valence electrons. The van der Waals surface area contributed by atoms with Crippen LogP contribution in [0.2, 0.25) is 0 Å². The Hall–Kier alpha value is -1.86. The van der Waals surface area contributed by atoms with Crippen molar-refractivity contribution < 1.29 is 9.26 Å². The quantitative estimate of drug-likeness (QED) is 0.694. The van der Waals surface area contributed by atoms with Crippen molar-refractivity contribution in [3.8, 4) is 16.5 Å². The lowest BCUT2D eigenvalue weighted by Gasteiger charge is -2.07. The van der Waals surface area contributed by atoms with Gasteiger partial charge in [-0.25, -0.2) is 4.79 Å². The molecule has 0 fully saturated rings. The predicted molar refractivity (Wildman–Crippen MR) is 83.7 cm³/mol. The summed E-state index contributed by atoms with van der Waals surface area (Å²) in [5.74, 6) is 0.813. The van der Waals surface area contributed by atoms with E-state index in [1.807, 2.05) is 41.8 Å². The van der Waals surface area contributed by atoms with Crippen LogP contribution in [0.15, 0.2) is 55.6 Å². The minimum atomic E-state index is -0.474. The normalized spacial score (nSPS) is 10.7. The number of nitrogens with zero attached hydrogens (tertiary/aromatic N) is 2. The molecule has 0 atom stereocenters. The minimum absolute atomic E-state index is 0.362. The van der Waals surface area contributed by atoms with E-state index >= 15 is 0 Å². The molecular formula is C14H11BrN2O3S. The topological polar surface area (TPSA) is 57.3 Å². The minimum Gasteiger partial charge on any atom is -0.492 e. The highest BCUT2D eigenvalue weighted by molar-refractivity contribution is 9.10. The Morgan fingerprint density at radius 3 is 2.81 bits per heavy atom. The molecule has 21 heavy (non-hydrogen) atoms. The highest BCUT2D eigenvalue weighted by Gasteiger charge is 2.13. The molecule has 5 nitrogen and oxygen atoms in total. The molecular weight excluding hydrogens is 356 g/mol. The number of rotatable bonds is 5. The fourth-order valence-electron chi connectivity index (χ4n) is 1.83. The van der Waals surface area contributed by atoms with Gasteiger partial charge in [0.15, 0.2) is 5.82 Å². The molecule has 2 aromatic heterocycles. The number of hydrogen-bond donors (Lipinski definition) is 0. The number of hydrogen-bond acceptors (Lipinski definition) is 5. The van der Waals surface area contributed by atoms with Gasteiger partial charge in [-0.3, -0.25) is 9.09 Å². The predicted octanol–water partition coefficient (Wildman–Crippen LogP) is 3.41. The molecule has 0 saturated heterocycles. The lowest BCUT2D eigenvalue weighted by molar-refractivity contribution is 0.290. The summed E-state index contributed by atoms with van der Waals surface area (Å²) in [6.07, 6.45) is 0. The maximum atomic E-state index is 11.7. The summed E-state index contributed by atoms with van der Waals surface area (Å²) < 4.78 is 12.8. The first kappa shape index (κ1) is 14.1. The first-order chi connectivity index (χ1) is 10.2. The van der Waals surface area contributed by atoms with Crippen molar-refractivity contribution in [1.82, 2.24) is 9.72 Å². The Morgan fingerprint density at radius 1 is 1.29 bits per heavy atom. The molecule has 7 heteroatoms. The van der Waals surface area contributed by atoms with Gasteiger partial charge in [0.25, 0.3) is 0 Å². The van der Waals surface area contributed by atoms with Crippen molar-refractivity contribution in [2.75, 3.05) is 6.61 Å². The van der Waals surface area contributed by atoms with Crippen LogP contribution in [0.1, 0.15) is 0 Å². The molecule has 3 aromatic rings. The van der Waals surface area contributed by atoms with Crippen LogP contribution < -0.4 is 10.5 Å². The van der Waals surface area contributed by atoms with Gasteiger partial charge >= 0.3 is 5.76 Å². The van der Waals surface area contributed by atoms with Crippen LogP contribution in [0.3, 0.4) is 0 Å². The summed E-state index contributed by atoms with van der Waals surface area (Å²) in [5, 5.41) is 5.75. The monoisotopic (exact) mass is 366 g/mol. The average molecular weight is 367 g/mol. The molecule has 3 rings (SSSR count). The third-order valence-electron chi connectivity index (χ3n) is 2.83. The Morgan fingerprint density at radius 2 is 2.10 bits per heavy atom. The van der Waals surface area contributed by atoms with Crippen LogP contribution in [-0.2, 0) is 6.54 Å². The van der Waals surface area contributed by atoms with E-state index in [4.69, 9.17) is 9.26 Å². The standard InChI is InChI=1S/C14H11BrN2O3S/c15-10-3-5-11(6-4-10)19-8-7-17-13(16-20-14(17)18)12-2-1-9-21-12/h1-6,9H,7-8H2. The van der Waals surface area contributed by atoms with E-state index in [9.17, 15) is 4.79 Å². The summed E-state index contributed by atoms with van der Waals surface area (Å²) in [6, 6.07) is 11.3. The van der Waals surface area contributed by atoms with Crippen molar-refractivity contribution in [3.05, 3.63) is 56.8 Å². The fraction of sp³-hybridized carbons (Fsp3) is 0.143. The van der Waals surface area contributed by atoms with Gasteiger partial charge in [-0.05, 0) is 35.7 Å². The van der Waals surface area contributed by atoms with E-state index in [1.54, 1.807) is 0 Å². The average Bonchev–Trinajstić information content (AvgIpc) is 3.12. The second-order valence-electron chi connectivity index (χ2n) is 4.20. The molecule has 0 spiro atoms. The van der Waals surface area contributed by atoms with E-state index in [-0.39, 0.29) is 0 Å². The summed E-state index contributed by atoms with van der Waals surface area (Å²) in [7, 11) is 0. The Labute approximate surface area is 132 Å². The molecule has 0 aliphatic carbocycles. The summed E-state index contributed by atoms with van der Waals surface area (Å²) in [4.78, 5) is 12.6. The number of benzene rings is 1. The maximum absolute atomic E-state index is 11.7. The zero-order valence-corrected chi connectivity index (χ0v) is 13.3. The van der Waals surface area contributed by atoms with Gasteiger partial charge in [-0.1, -0.05) is 27.2 Å². The molecule has 0 radical (unpaired) electrons. The van der Waals surface area contributed by atoms with Crippen molar-refractivity contribution in [3.63, 3.8) is 0 Å². The van der Waals surface area contributed by atoms with Crippen molar-refractivity contribution in [2.45, 2.75) is 6.54 Å². The van der Waals surface area contributed by atoms with Gasteiger partial charge in [0.2, 0.25) is 0 Å². The first-order valence-corrected chi connectivity index (χ1v) is 7.90. The van der Waals surface area contributed by atoms with Gasteiger partial charge in [-0.2, -0.15) is 0 Å². The molecule has 0 aliphatic heterocycles. The Balaban J connectivity index is 1.70. The van der Waals surface area contributed by atoms with Crippen molar-refractivity contribution in [2.24, 2.45) is 0 Å². The van der Waals surface area contributed by atoms with Gasteiger partial charge in [-0.15, -0.1) is 11.3 Å². The molecule has 0 N–H and O–H groups in total. The van der Waals surface area contributed by atoms with Crippen LogP contribution in [0.5, 0.6) is 5.75 Å².